The maximum atomic E-state index is 3.70. The summed E-state index contributed by atoms with van der Waals surface area (Å²) < 4.78 is 1.60. The Morgan fingerprint density at radius 2 is 1.40 bits per heavy atom. The summed E-state index contributed by atoms with van der Waals surface area (Å²) in [5, 5.41) is 0. The topological polar surface area (TPSA) is 0 Å². The molecule has 0 heterocycles. The molecule has 0 amide bonds. The molecule has 1 atom stereocenters. The molecule has 0 fully saturated rings. The van der Waals surface area contributed by atoms with Crippen LogP contribution in [0.5, 0.6) is 0 Å². The Morgan fingerprint density at radius 3 is 1.93 bits per heavy atom. The predicted molar refractivity (Wildman–Crippen MR) is 178 cm³/mol. The van der Waals surface area contributed by atoms with Crippen molar-refractivity contribution < 1.29 is 24.2 Å². The molecule has 0 saturated carbocycles. The molecule has 0 N–H and O–H groups in total. The van der Waals surface area contributed by atoms with Crippen LogP contribution in [0.2, 0.25) is 0 Å². The summed E-state index contributed by atoms with van der Waals surface area (Å²) in [5.41, 5.74) is 12.7. The van der Waals surface area contributed by atoms with Crippen LogP contribution in [0.4, 0.5) is 0 Å². The van der Waals surface area contributed by atoms with E-state index in [1.54, 1.807) is 27.4 Å². The quantitative estimate of drug-likeness (QED) is 0.158. The van der Waals surface area contributed by atoms with Crippen molar-refractivity contribution in [1.29, 1.82) is 0 Å². The molecule has 1 unspecified atom stereocenters. The summed E-state index contributed by atoms with van der Waals surface area (Å²) in [5.74, 6) is 1.45. The van der Waals surface area contributed by atoms with Crippen LogP contribution in [-0.2, 0) is 49.9 Å². The fraction of sp³-hybridized carbons (Fsp3) is 0.293. The van der Waals surface area contributed by atoms with Crippen molar-refractivity contribution in [2.24, 2.45) is 11.8 Å². The van der Waals surface area contributed by atoms with E-state index in [0.29, 0.717) is 5.92 Å². The van der Waals surface area contributed by atoms with E-state index in [-0.39, 0.29) is 0 Å². The zero-order valence-corrected chi connectivity index (χ0v) is 28.5. The van der Waals surface area contributed by atoms with E-state index in [1.807, 2.05) is 12.2 Å². The molecule has 0 radical (unpaired) electrons. The SMILES string of the molecule is Cc1cc2c(cc1C)-c1ccc(CC(C)C(C)C)[c-]c1C2.[C-]1=CC=CC1.[Zr+2]=[C](Cc1ccccc1)Cc1ccccc1. The Labute approximate surface area is 269 Å². The molecule has 42 heavy (non-hydrogen) atoms. The first-order chi connectivity index (χ1) is 20.3. The van der Waals surface area contributed by atoms with Crippen LogP contribution in [-0.4, -0.2) is 3.21 Å². The van der Waals surface area contributed by atoms with Gasteiger partial charge in [0.25, 0.3) is 0 Å². The molecule has 0 spiro atoms. The van der Waals surface area contributed by atoms with Crippen molar-refractivity contribution in [3.63, 3.8) is 0 Å². The van der Waals surface area contributed by atoms with Crippen LogP contribution in [0, 0.1) is 37.8 Å². The average Bonchev–Trinajstić information content (AvgIpc) is 3.67. The van der Waals surface area contributed by atoms with Gasteiger partial charge in [0.15, 0.2) is 0 Å². The summed E-state index contributed by atoms with van der Waals surface area (Å²) in [6.45, 7) is 11.4. The van der Waals surface area contributed by atoms with Gasteiger partial charge >= 0.3 is 112 Å². The number of hydrogen-bond donors (Lipinski definition) is 0. The van der Waals surface area contributed by atoms with Gasteiger partial charge in [-0.1, -0.05) is 38.5 Å². The third kappa shape index (κ3) is 9.57. The third-order valence-corrected chi connectivity index (χ3v) is 9.12. The van der Waals surface area contributed by atoms with Gasteiger partial charge in [-0.15, -0.1) is 17.5 Å². The number of fused-ring (bicyclic) bond motifs is 3. The summed E-state index contributed by atoms with van der Waals surface area (Å²) in [7, 11) is 0. The second-order valence-corrected chi connectivity index (χ2v) is 13.7. The summed E-state index contributed by atoms with van der Waals surface area (Å²) >= 11 is 1.55. The minimum atomic E-state index is 0.715. The monoisotopic (exact) mass is 626 g/mol. The van der Waals surface area contributed by atoms with Crippen LogP contribution in [0.25, 0.3) is 11.1 Å². The van der Waals surface area contributed by atoms with Gasteiger partial charge in [0.1, 0.15) is 0 Å². The zero-order valence-electron chi connectivity index (χ0n) is 26.0. The fourth-order valence-corrected chi connectivity index (χ4v) is 6.23. The van der Waals surface area contributed by atoms with Crippen LogP contribution in [0.15, 0.2) is 103 Å². The van der Waals surface area contributed by atoms with E-state index < -0.39 is 0 Å². The first-order valence-electron chi connectivity index (χ1n) is 15.3. The molecular formula is C41H44Zr. The van der Waals surface area contributed by atoms with Crippen molar-refractivity contribution in [2.45, 2.75) is 66.7 Å². The van der Waals surface area contributed by atoms with E-state index in [2.05, 4.69) is 138 Å². The fourth-order valence-electron chi connectivity index (χ4n) is 5.23. The molecule has 6 rings (SSSR count). The van der Waals surface area contributed by atoms with Crippen molar-refractivity contribution in [3.05, 3.63) is 154 Å². The Bertz CT molecular complexity index is 1450. The molecule has 1 heteroatoms. The van der Waals surface area contributed by atoms with Crippen LogP contribution < -0.4 is 0 Å². The van der Waals surface area contributed by atoms with Crippen molar-refractivity contribution >= 4 is 3.21 Å². The molecule has 2 aliphatic carbocycles. The molecule has 0 nitrogen and oxygen atoms in total. The van der Waals surface area contributed by atoms with Gasteiger partial charge in [0.2, 0.25) is 0 Å². The molecular weight excluding hydrogens is 584 g/mol. The minimum absolute atomic E-state index is 0.715. The molecule has 0 aliphatic heterocycles. The molecule has 0 bridgehead atoms. The van der Waals surface area contributed by atoms with E-state index in [1.165, 1.54) is 50.1 Å². The average molecular weight is 628 g/mol. The molecule has 212 valence electrons. The molecule has 4 aromatic rings. The Morgan fingerprint density at radius 1 is 0.786 bits per heavy atom. The maximum absolute atomic E-state index is 3.70. The van der Waals surface area contributed by atoms with E-state index in [9.17, 15) is 0 Å². The van der Waals surface area contributed by atoms with Gasteiger partial charge in [0.05, 0.1) is 0 Å². The van der Waals surface area contributed by atoms with Gasteiger partial charge in [0, 0.05) is 0 Å². The van der Waals surface area contributed by atoms with E-state index >= 15 is 0 Å². The summed E-state index contributed by atoms with van der Waals surface area (Å²) in [6, 6.07) is 34.4. The standard InChI is InChI=1S/C21H25.C15H14.C5H5.Zr/c1-13(2)14(3)8-17-6-7-20-19(11-17)12-18-9-15(4)16(5)10-21(18)20;1-3-8-14(9-4-1)12-7-13-15-10-5-2-6-11-15;1-2-4-5-3-1;/h6-7,9-10,13-14H,8,12H2,1-5H3;1-6,8-11H,12-13H2;1-3H,4H2;/q-1;;-1;+2. The van der Waals surface area contributed by atoms with Crippen LogP contribution in [0.1, 0.15) is 66.1 Å². The van der Waals surface area contributed by atoms with Crippen molar-refractivity contribution in [1.82, 2.24) is 0 Å². The summed E-state index contributed by atoms with van der Waals surface area (Å²) in [6.07, 6.45) is 14.4. The second kappa shape index (κ2) is 16.1. The van der Waals surface area contributed by atoms with Crippen LogP contribution in [0.3, 0.4) is 0 Å². The van der Waals surface area contributed by atoms with Crippen molar-refractivity contribution in [2.75, 3.05) is 0 Å². The first-order valence-corrected chi connectivity index (χ1v) is 16.5. The Hall–Kier alpha value is -2.89. The summed E-state index contributed by atoms with van der Waals surface area (Å²) in [4.78, 5) is 0. The van der Waals surface area contributed by atoms with Gasteiger partial charge in [-0.25, -0.2) is 12.2 Å². The number of aryl methyl sites for hydroxylation is 2. The molecule has 0 aromatic heterocycles. The second-order valence-electron chi connectivity index (χ2n) is 12.0. The van der Waals surface area contributed by atoms with E-state index in [4.69, 9.17) is 0 Å². The number of rotatable bonds is 7. The van der Waals surface area contributed by atoms with Gasteiger partial charge in [-0.2, -0.15) is 29.8 Å². The molecule has 4 aromatic carbocycles. The van der Waals surface area contributed by atoms with Gasteiger partial charge < -0.3 is 0 Å². The zero-order chi connectivity index (χ0) is 29.9. The normalized spacial score (nSPS) is 13.0. The van der Waals surface area contributed by atoms with E-state index in [0.717, 1.165) is 38.0 Å². The number of hydrogen-bond acceptors (Lipinski definition) is 0. The Kier molecular flexibility index (Phi) is 12.3. The Balaban J connectivity index is 0.000000170. The van der Waals surface area contributed by atoms with Gasteiger partial charge in [-0.05, 0) is 55.2 Å². The third-order valence-electron chi connectivity index (χ3n) is 8.25. The van der Waals surface area contributed by atoms with Crippen LogP contribution >= 0.6 is 0 Å². The predicted octanol–water partition coefficient (Wildman–Crippen LogP) is 10.0. The molecule has 2 aliphatic rings. The first kappa shape index (κ1) is 32.0. The molecule has 0 saturated heterocycles. The van der Waals surface area contributed by atoms with Crippen molar-refractivity contribution in [3.8, 4) is 11.1 Å². The number of benzene rings is 4. The van der Waals surface area contributed by atoms with Gasteiger partial charge in [-0.3, -0.25) is 6.08 Å². The number of allylic oxidation sites excluding steroid dienone is 4.